The van der Waals surface area contributed by atoms with Crippen molar-refractivity contribution in [2.75, 3.05) is 0 Å². The molecule has 0 amide bonds. The molecule has 0 spiro atoms. The summed E-state index contributed by atoms with van der Waals surface area (Å²) in [6.07, 6.45) is 0. The molecular formula is C131H88N4Si. The van der Waals surface area contributed by atoms with Crippen molar-refractivity contribution in [2.24, 2.45) is 0 Å². The standard InChI is InChI=1S/C66H44N2.C65H44N2Si/c1-5-18-45(19-6-1)52-43-62(47-20-7-2-8-21-47)67-63(44-52)48-34-32-46(33-35-48)50-37-39-65-59(41-50)58-29-14-16-31-64(58)68(65)55-27-17-22-49(40-55)51-36-38-57-56-28-13-15-30-60(56)66(61(57)42-51,53-23-9-3-10-24-53)54-25-11-4-12-26-54;1-5-19-45(20-6-1)60-42-52(43-61(66-60)46-21-7-2-8-22-46)48-24-17-23-47(39-48)50-36-38-63-59(41-50)56-31-13-15-33-62(56)67(63)53-26-18-25-49(40-53)51-35-37-58-57-32-14-16-34-64(57)68(65(58)44-51,54-27-9-3-10-28-54)55-29-11-4-12-30-55/h2*1-44H. The van der Waals surface area contributed by atoms with Gasteiger partial charge in [-0.2, -0.15) is 0 Å². The normalized spacial score (nSPS) is 12.5. The quantitative estimate of drug-likeness (QED) is 0.0904. The maximum absolute atomic E-state index is 5.19. The lowest BCUT2D eigenvalue weighted by Crippen LogP contribution is -2.72. The second-order valence-corrected chi connectivity index (χ2v) is 39.5. The highest BCUT2D eigenvalue weighted by atomic mass is 28.3. The Labute approximate surface area is 792 Å². The Kier molecular flexibility index (Phi) is 20.2. The summed E-state index contributed by atoms with van der Waals surface area (Å²) >= 11 is 0. The maximum Gasteiger partial charge on any atom is 0.180 e. The average molecular weight is 1750 g/mol. The van der Waals surface area contributed by atoms with Crippen molar-refractivity contribution in [1.29, 1.82) is 0 Å². The number of hydrogen-bond acceptors (Lipinski definition) is 2. The maximum atomic E-state index is 5.19. The molecule has 5 heterocycles. The molecule has 26 rings (SSSR count). The molecule has 0 unspecified atom stereocenters. The smallest absolute Gasteiger partial charge is 0.180 e. The number of pyridine rings is 2. The topological polar surface area (TPSA) is 35.6 Å². The van der Waals surface area contributed by atoms with Gasteiger partial charge in [0.05, 0.1) is 50.3 Å². The third-order valence-electron chi connectivity index (χ3n) is 28.1. The lowest BCUT2D eigenvalue weighted by Gasteiger charge is -2.34. The van der Waals surface area contributed by atoms with Crippen molar-refractivity contribution in [1.82, 2.24) is 19.1 Å². The van der Waals surface area contributed by atoms with Crippen molar-refractivity contribution in [3.63, 3.8) is 0 Å². The van der Waals surface area contributed by atoms with E-state index in [2.05, 4.69) is 537 Å². The van der Waals surface area contributed by atoms with Crippen molar-refractivity contribution >= 4 is 72.4 Å². The van der Waals surface area contributed by atoms with E-state index in [1.807, 2.05) is 6.07 Å². The van der Waals surface area contributed by atoms with Gasteiger partial charge in [0, 0.05) is 55.2 Å². The Balaban J connectivity index is 0.000000145. The van der Waals surface area contributed by atoms with Crippen LogP contribution in [-0.2, 0) is 5.41 Å². The van der Waals surface area contributed by atoms with E-state index in [1.165, 1.54) is 153 Å². The van der Waals surface area contributed by atoms with Crippen LogP contribution in [-0.4, -0.2) is 27.2 Å². The fourth-order valence-corrected chi connectivity index (χ4v) is 27.1. The van der Waals surface area contributed by atoms with Crippen LogP contribution in [0.15, 0.2) is 534 Å². The Bertz CT molecular complexity index is 8480. The molecule has 136 heavy (non-hydrogen) atoms. The third-order valence-corrected chi connectivity index (χ3v) is 33.0. The fraction of sp³-hybridized carbons (Fsp3) is 0.00763. The molecule has 0 bridgehead atoms. The molecule has 1 aliphatic carbocycles. The molecule has 0 fully saturated rings. The molecule has 2 aliphatic rings. The lowest BCUT2D eigenvalue weighted by molar-refractivity contribution is 0.769. The minimum absolute atomic E-state index is 0.455. The molecule has 24 aromatic rings. The fourth-order valence-electron chi connectivity index (χ4n) is 21.9. The summed E-state index contributed by atoms with van der Waals surface area (Å²) in [6, 6.07) is 195. The van der Waals surface area contributed by atoms with Crippen LogP contribution in [0.2, 0.25) is 0 Å². The van der Waals surface area contributed by atoms with Gasteiger partial charge in [-0.25, -0.2) is 9.97 Å². The van der Waals surface area contributed by atoms with Crippen LogP contribution in [0.1, 0.15) is 22.3 Å². The zero-order valence-electron chi connectivity index (χ0n) is 74.6. The molecule has 20 aromatic carbocycles. The van der Waals surface area contributed by atoms with Crippen molar-refractivity contribution in [3.8, 4) is 145 Å². The Morgan fingerprint density at radius 1 is 0.169 bits per heavy atom. The van der Waals surface area contributed by atoms with E-state index in [0.717, 1.165) is 78.7 Å². The average Bonchev–Trinajstić information content (AvgIpc) is 1.54. The van der Waals surface area contributed by atoms with Gasteiger partial charge < -0.3 is 9.13 Å². The summed E-state index contributed by atoms with van der Waals surface area (Å²) in [5.74, 6) is 0. The molecule has 4 aromatic heterocycles. The van der Waals surface area contributed by atoms with Crippen molar-refractivity contribution in [3.05, 3.63) is 556 Å². The second-order valence-electron chi connectivity index (χ2n) is 35.7. The first-order valence-electron chi connectivity index (χ1n) is 46.9. The van der Waals surface area contributed by atoms with Crippen LogP contribution in [0, 0.1) is 0 Å². The van der Waals surface area contributed by atoms with Gasteiger partial charge in [-0.3, -0.25) is 0 Å². The van der Waals surface area contributed by atoms with E-state index in [4.69, 9.17) is 9.97 Å². The van der Waals surface area contributed by atoms with E-state index >= 15 is 0 Å². The molecule has 0 saturated heterocycles. The number of fused-ring (bicyclic) bond motifs is 12. The predicted octanol–water partition coefficient (Wildman–Crippen LogP) is 30.7. The first-order chi connectivity index (χ1) is 67.4. The largest absolute Gasteiger partial charge is 0.309 e. The number of benzene rings is 20. The monoisotopic (exact) mass is 1740 g/mol. The number of aromatic nitrogens is 4. The highest BCUT2D eigenvalue weighted by Crippen LogP contribution is 2.57. The molecule has 5 heteroatoms. The van der Waals surface area contributed by atoms with Crippen LogP contribution < -0.4 is 20.7 Å². The third kappa shape index (κ3) is 13.9. The van der Waals surface area contributed by atoms with Crippen molar-refractivity contribution < 1.29 is 0 Å². The molecule has 1 aliphatic heterocycles. The summed E-state index contributed by atoms with van der Waals surface area (Å²) in [6.45, 7) is 0. The van der Waals surface area contributed by atoms with Crippen molar-refractivity contribution in [2.45, 2.75) is 5.41 Å². The predicted molar refractivity (Wildman–Crippen MR) is 571 cm³/mol. The Hall–Kier alpha value is -17.5. The minimum Gasteiger partial charge on any atom is -0.309 e. The number of rotatable bonds is 16. The van der Waals surface area contributed by atoms with Gasteiger partial charge in [-0.1, -0.05) is 437 Å². The second kappa shape index (κ2) is 34.0. The number of nitrogens with zero attached hydrogens (tertiary/aromatic N) is 4. The molecule has 0 radical (unpaired) electrons. The highest BCUT2D eigenvalue weighted by Gasteiger charge is 2.49. The molecule has 0 N–H and O–H groups in total. The van der Waals surface area contributed by atoms with Gasteiger partial charge >= 0.3 is 0 Å². The summed E-state index contributed by atoms with van der Waals surface area (Å²) in [5.41, 5.74) is 39.3. The van der Waals surface area contributed by atoms with Crippen LogP contribution in [0.3, 0.4) is 0 Å². The summed E-state index contributed by atoms with van der Waals surface area (Å²) in [5, 5.41) is 10.6. The van der Waals surface area contributed by atoms with Gasteiger partial charge in [-0.15, -0.1) is 0 Å². The van der Waals surface area contributed by atoms with Crippen LogP contribution in [0.25, 0.3) is 189 Å². The number of hydrogen-bond donors (Lipinski definition) is 0. The van der Waals surface area contributed by atoms with Gasteiger partial charge in [0.1, 0.15) is 0 Å². The van der Waals surface area contributed by atoms with Crippen LogP contribution in [0.4, 0.5) is 0 Å². The molecule has 0 saturated carbocycles. The van der Waals surface area contributed by atoms with E-state index in [0.29, 0.717) is 0 Å². The Morgan fingerprint density at radius 2 is 0.478 bits per heavy atom. The summed E-state index contributed by atoms with van der Waals surface area (Å²) in [7, 11) is -2.63. The van der Waals surface area contributed by atoms with Gasteiger partial charge in [-0.05, 0) is 229 Å². The zero-order valence-corrected chi connectivity index (χ0v) is 75.6. The van der Waals surface area contributed by atoms with Gasteiger partial charge in [0.25, 0.3) is 0 Å². The first kappa shape index (κ1) is 80.6. The zero-order chi connectivity index (χ0) is 90.0. The summed E-state index contributed by atoms with van der Waals surface area (Å²) in [4.78, 5) is 10.3. The Morgan fingerprint density at radius 3 is 0.985 bits per heavy atom. The summed E-state index contributed by atoms with van der Waals surface area (Å²) < 4.78 is 4.87. The SMILES string of the molecule is c1ccc(-c2cc(-c3cccc(-c4ccc5c(c4)c4ccccc4n5-c4cccc(-c5ccc6c(c5)[Si](c5ccccc5)(c5ccccc5)c5ccccc5-6)c4)c3)cc(-c3ccccc3)n2)cc1.c1ccc(-c2cc(-c3ccccc3)nc(-c3ccc(-c4ccc5c(c4)c4ccccc4n5-c4cccc(-c5ccc6c(c5)C(c5ccccc5)(c5ccccc5)c5ccccc5-6)c4)cc3)c2)cc1. The van der Waals surface area contributed by atoms with Gasteiger partial charge in [0.15, 0.2) is 8.07 Å². The number of para-hydroxylation sites is 2. The first-order valence-corrected chi connectivity index (χ1v) is 48.9. The van der Waals surface area contributed by atoms with Crippen LogP contribution in [0.5, 0.6) is 0 Å². The van der Waals surface area contributed by atoms with E-state index in [-0.39, 0.29) is 0 Å². The van der Waals surface area contributed by atoms with E-state index < -0.39 is 13.5 Å². The van der Waals surface area contributed by atoms with E-state index in [1.54, 1.807) is 0 Å². The van der Waals surface area contributed by atoms with E-state index in [9.17, 15) is 0 Å². The highest BCUT2D eigenvalue weighted by molar-refractivity contribution is 7.22. The molecule has 4 nitrogen and oxygen atoms in total. The molecule has 636 valence electrons. The molecular weight excluding hydrogens is 1660 g/mol. The molecule has 0 atom stereocenters. The minimum atomic E-state index is -2.63. The van der Waals surface area contributed by atoms with Crippen LogP contribution >= 0.6 is 0 Å². The van der Waals surface area contributed by atoms with Gasteiger partial charge in [0.2, 0.25) is 0 Å². The lowest BCUT2D eigenvalue weighted by atomic mass is 9.67.